The van der Waals surface area contributed by atoms with Crippen molar-refractivity contribution in [2.75, 3.05) is 11.4 Å². The van der Waals surface area contributed by atoms with Crippen molar-refractivity contribution in [1.29, 1.82) is 0 Å². The highest BCUT2D eigenvalue weighted by Gasteiger charge is 2.34. The Labute approximate surface area is 101 Å². The minimum atomic E-state index is -4.75. The highest BCUT2D eigenvalue weighted by Crippen LogP contribution is 2.34. The summed E-state index contributed by atoms with van der Waals surface area (Å²) in [5, 5.41) is 0. The molecule has 1 aliphatic rings. The number of hydrogen-bond acceptors (Lipinski definition) is 2. The van der Waals surface area contributed by atoms with Gasteiger partial charge in [0.05, 0.1) is 12.1 Å². The molecule has 0 unspecified atom stereocenters. The fourth-order valence-electron chi connectivity index (χ4n) is 1.71. The van der Waals surface area contributed by atoms with E-state index >= 15 is 0 Å². The molecule has 0 aliphatic carbocycles. The summed E-state index contributed by atoms with van der Waals surface area (Å²) in [5.41, 5.74) is -1.18. The van der Waals surface area contributed by atoms with Crippen LogP contribution in [0.4, 0.5) is 23.2 Å². The number of rotatable bonds is 1. The van der Waals surface area contributed by atoms with Crippen molar-refractivity contribution in [2.24, 2.45) is 0 Å². The lowest BCUT2D eigenvalue weighted by atomic mass is 10.1. The average molecular weight is 259 g/mol. The van der Waals surface area contributed by atoms with Gasteiger partial charge in [-0.15, -0.1) is 0 Å². The van der Waals surface area contributed by atoms with E-state index in [1.165, 1.54) is 17.2 Å². The van der Waals surface area contributed by atoms with Gasteiger partial charge in [-0.1, -0.05) is 6.08 Å². The summed E-state index contributed by atoms with van der Waals surface area (Å²) in [6, 6.07) is 2.68. The van der Waals surface area contributed by atoms with Crippen molar-refractivity contribution < 1.29 is 22.4 Å². The van der Waals surface area contributed by atoms with Gasteiger partial charge in [0.25, 0.3) is 0 Å². The summed E-state index contributed by atoms with van der Waals surface area (Å²) >= 11 is 0. The molecule has 0 atom stereocenters. The van der Waals surface area contributed by atoms with Gasteiger partial charge in [0, 0.05) is 18.3 Å². The van der Waals surface area contributed by atoms with Gasteiger partial charge in [0.15, 0.2) is 5.78 Å². The van der Waals surface area contributed by atoms with E-state index in [1.807, 2.05) is 0 Å². The molecule has 1 aliphatic heterocycles. The van der Waals surface area contributed by atoms with Crippen LogP contribution in [0.25, 0.3) is 0 Å². The van der Waals surface area contributed by atoms with Crippen molar-refractivity contribution in [3.63, 3.8) is 0 Å². The molecule has 6 heteroatoms. The number of hydrogen-bond donors (Lipinski definition) is 0. The van der Waals surface area contributed by atoms with Crippen LogP contribution in [0.1, 0.15) is 12.0 Å². The zero-order chi connectivity index (χ0) is 13.3. The maximum Gasteiger partial charge on any atom is 0.419 e. The van der Waals surface area contributed by atoms with Crippen LogP contribution in [0.15, 0.2) is 30.5 Å². The van der Waals surface area contributed by atoms with E-state index < -0.39 is 17.6 Å². The number of halogens is 4. The minimum absolute atomic E-state index is 0.000566. The van der Waals surface area contributed by atoms with Crippen LogP contribution in [0, 0.1) is 5.82 Å². The van der Waals surface area contributed by atoms with Crippen LogP contribution < -0.4 is 4.90 Å². The SMILES string of the molecule is O=C1CC=CN(c2ccc(F)c(C(F)(F)F)c2)C1. The standard InChI is InChI=1S/C12H9F4NO/c13-11-4-3-8(6-10(11)12(14,15)16)17-5-1-2-9(18)7-17/h1,3-6H,2,7H2. The molecule has 1 aromatic rings. The maximum atomic E-state index is 13.1. The van der Waals surface area contributed by atoms with E-state index in [9.17, 15) is 22.4 Å². The van der Waals surface area contributed by atoms with E-state index in [-0.39, 0.29) is 24.4 Å². The summed E-state index contributed by atoms with van der Waals surface area (Å²) in [6.45, 7) is -0.000566. The van der Waals surface area contributed by atoms with Crippen molar-refractivity contribution in [1.82, 2.24) is 0 Å². The third-order valence-electron chi connectivity index (χ3n) is 2.56. The fourth-order valence-corrected chi connectivity index (χ4v) is 1.71. The lowest BCUT2D eigenvalue weighted by Gasteiger charge is -2.23. The summed E-state index contributed by atoms with van der Waals surface area (Å²) in [4.78, 5) is 12.6. The first-order valence-corrected chi connectivity index (χ1v) is 5.19. The molecular formula is C12H9F4NO. The molecule has 0 aromatic heterocycles. The van der Waals surface area contributed by atoms with E-state index in [1.54, 1.807) is 6.08 Å². The molecule has 0 spiro atoms. The van der Waals surface area contributed by atoms with Crippen LogP contribution in [0.5, 0.6) is 0 Å². The Morgan fingerprint density at radius 3 is 2.56 bits per heavy atom. The highest BCUT2D eigenvalue weighted by atomic mass is 19.4. The first-order chi connectivity index (χ1) is 8.38. The number of carbonyl (C=O) groups is 1. The minimum Gasteiger partial charge on any atom is -0.341 e. The summed E-state index contributed by atoms with van der Waals surface area (Å²) in [7, 11) is 0. The highest BCUT2D eigenvalue weighted by molar-refractivity contribution is 5.86. The molecular weight excluding hydrogens is 250 g/mol. The first kappa shape index (κ1) is 12.6. The first-order valence-electron chi connectivity index (χ1n) is 5.19. The third-order valence-corrected chi connectivity index (χ3v) is 2.56. The topological polar surface area (TPSA) is 20.3 Å². The predicted octanol–water partition coefficient (Wildman–Crippen LogP) is 3.14. The molecule has 0 saturated heterocycles. The Morgan fingerprint density at radius 1 is 1.22 bits per heavy atom. The Hall–Kier alpha value is -1.85. The third kappa shape index (κ3) is 2.52. The van der Waals surface area contributed by atoms with E-state index in [0.717, 1.165) is 6.07 Å². The van der Waals surface area contributed by atoms with Gasteiger partial charge in [0.2, 0.25) is 0 Å². The largest absolute Gasteiger partial charge is 0.419 e. The fraction of sp³-hybridized carbons (Fsp3) is 0.250. The summed E-state index contributed by atoms with van der Waals surface area (Å²) in [5.74, 6) is -1.42. The number of allylic oxidation sites excluding steroid dienone is 1. The molecule has 1 aromatic carbocycles. The number of benzene rings is 1. The Bertz CT molecular complexity index is 507. The molecule has 0 radical (unpaired) electrons. The lowest BCUT2D eigenvalue weighted by Crippen LogP contribution is -2.27. The van der Waals surface area contributed by atoms with Crippen LogP contribution in [-0.4, -0.2) is 12.3 Å². The second-order valence-electron chi connectivity index (χ2n) is 3.92. The second-order valence-corrected chi connectivity index (χ2v) is 3.92. The van der Waals surface area contributed by atoms with Gasteiger partial charge in [-0.25, -0.2) is 4.39 Å². The van der Waals surface area contributed by atoms with Gasteiger partial charge in [-0.3, -0.25) is 4.79 Å². The van der Waals surface area contributed by atoms with E-state index in [4.69, 9.17) is 0 Å². The van der Waals surface area contributed by atoms with Crippen LogP contribution in [0.2, 0.25) is 0 Å². The zero-order valence-electron chi connectivity index (χ0n) is 9.17. The Morgan fingerprint density at radius 2 is 1.94 bits per heavy atom. The normalized spacial score (nSPS) is 16.2. The number of Topliss-reactive ketones (excluding diaryl/α,β-unsaturated/α-hetero) is 1. The molecule has 18 heavy (non-hydrogen) atoms. The Kier molecular flexibility index (Phi) is 3.11. The number of alkyl halides is 3. The monoisotopic (exact) mass is 259 g/mol. The molecule has 0 fully saturated rings. The molecule has 0 amide bonds. The van der Waals surface area contributed by atoms with E-state index in [0.29, 0.717) is 6.07 Å². The summed E-state index contributed by atoms with van der Waals surface area (Å²) < 4.78 is 50.7. The molecule has 0 N–H and O–H groups in total. The Balaban J connectivity index is 2.38. The number of nitrogens with zero attached hydrogens (tertiary/aromatic N) is 1. The molecule has 2 rings (SSSR count). The number of ketones is 1. The van der Waals surface area contributed by atoms with E-state index in [2.05, 4.69) is 0 Å². The van der Waals surface area contributed by atoms with Gasteiger partial charge in [-0.05, 0) is 18.2 Å². The average Bonchev–Trinajstić information content (AvgIpc) is 2.28. The molecule has 96 valence electrons. The molecule has 0 bridgehead atoms. The summed E-state index contributed by atoms with van der Waals surface area (Å²) in [6.07, 6.45) is -1.40. The van der Waals surface area contributed by atoms with Crippen molar-refractivity contribution in [3.8, 4) is 0 Å². The predicted molar refractivity (Wildman–Crippen MR) is 57.5 cm³/mol. The van der Waals surface area contributed by atoms with Gasteiger partial charge < -0.3 is 4.90 Å². The van der Waals surface area contributed by atoms with Crippen molar-refractivity contribution in [3.05, 3.63) is 41.9 Å². The van der Waals surface area contributed by atoms with Crippen molar-refractivity contribution in [2.45, 2.75) is 12.6 Å². The van der Waals surface area contributed by atoms with Crippen LogP contribution >= 0.6 is 0 Å². The van der Waals surface area contributed by atoms with Crippen LogP contribution in [0.3, 0.4) is 0 Å². The smallest absolute Gasteiger partial charge is 0.341 e. The zero-order valence-corrected chi connectivity index (χ0v) is 9.17. The van der Waals surface area contributed by atoms with Gasteiger partial charge in [0.1, 0.15) is 5.82 Å². The molecule has 2 nitrogen and oxygen atoms in total. The molecule has 1 heterocycles. The van der Waals surface area contributed by atoms with Gasteiger partial charge >= 0.3 is 6.18 Å². The lowest BCUT2D eigenvalue weighted by molar-refractivity contribution is -0.139. The second kappa shape index (κ2) is 4.44. The number of anilines is 1. The van der Waals surface area contributed by atoms with Crippen LogP contribution in [-0.2, 0) is 11.0 Å². The quantitative estimate of drug-likeness (QED) is 0.722. The maximum absolute atomic E-state index is 13.1. The van der Waals surface area contributed by atoms with Gasteiger partial charge in [-0.2, -0.15) is 13.2 Å². The van der Waals surface area contributed by atoms with Crippen molar-refractivity contribution >= 4 is 11.5 Å². The molecule has 0 saturated carbocycles. The number of carbonyl (C=O) groups excluding carboxylic acids is 1.